The van der Waals surface area contributed by atoms with Gasteiger partial charge in [-0.1, -0.05) is 334 Å². The van der Waals surface area contributed by atoms with Crippen molar-refractivity contribution in [2.75, 3.05) is 13.2 Å². The molecule has 0 bridgehead atoms. The topological polar surface area (TPSA) is 78.9 Å². The van der Waals surface area contributed by atoms with Crippen LogP contribution in [0.2, 0.25) is 0 Å². The first-order valence-corrected chi connectivity index (χ1v) is 33.8. The zero-order chi connectivity index (χ0) is 54.3. The van der Waals surface area contributed by atoms with Gasteiger partial charge in [-0.05, 0) is 51.4 Å². The maximum Gasteiger partial charge on any atom is 0.306 e. The normalized spacial score (nSPS) is 12.1. The van der Waals surface area contributed by atoms with Crippen LogP contribution in [0, 0.1) is 0 Å². The third kappa shape index (κ3) is 62.6. The van der Waals surface area contributed by atoms with Crippen LogP contribution in [0.5, 0.6) is 0 Å². The lowest BCUT2D eigenvalue weighted by Crippen LogP contribution is -2.30. The zero-order valence-corrected chi connectivity index (χ0v) is 50.8. The average Bonchev–Trinajstić information content (AvgIpc) is 3.41. The van der Waals surface area contributed by atoms with Crippen LogP contribution < -0.4 is 0 Å². The van der Waals surface area contributed by atoms with Crippen molar-refractivity contribution in [3.05, 3.63) is 24.3 Å². The van der Waals surface area contributed by atoms with Crippen LogP contribution in [-0.4, -0.2) is 37.2 Å². The van der Waals surface area contributed by atoms with Gasteiger partial charge < -0.3 is 14.2 Å². The lowest BCUT2D eigenvalue weighted by atomic mass is 10.0. The van der Waals surface area contributed by atoms with Gasteiger partial charge in [-0.25, -0.2) is 0 Å². The van der Waals surface area contributed by atoms with Crippen molar-refractivity contribution < 1.29 is 28.6 Å². The molecule has 0 N–H and O–H groups in total. The van der Waals surface area contributed by atoms with Gasteiger partial charge in [0.25, 0.3) is 0 Å². The van der Waals surface area contributed by atoms with Gasteiger partial charge in [0.05, 0.1) is 0 Å². The van der Waals surface area contributed by atoms with Crippen LogP contribution in [0.4, 0.5) is 0 Å². The zero-order valence-electron chi connectivity index (χ0n) is 50.8. The number of carbonyl (C=O) groups excluding carboxylic acids is 3. The molecule has 0 aliphatic carbocycles. The second kappa shape index (κ2) is 64.4. The molecular weight excluding hydrogens is 925 g/mol. The van der Waals surface area contributed by atoms with Crippen molar-refractivity contribution >= 4 is 17.9 Å². The number of allylic oxidation sites excluding steroid dienone is 4. The minimum atomic E-state index is -0.763. The summed E-state index contributed by atoms with van der Waals surface area (Å²) in [6.45, 7) is 6.68. The van der Waals surface area contributed by atoms with Crippen LogP contribution >= 0.6 is 0 Å². The fraction of sp³-hybridized carbons (Fsp3) is 0.899. The molecule has 75 heavy (non-hydrogen) atoms. The highest BCUT2D eigenvalue weighted by Gasteiger charge is 2.19. The molecule has 0 radical (unpaired) electrons. The highest BCUT2D eigenvalue weighted by Crippen LogP contribution is 2.18. The lowest BCUT2D eigenvalue weighted by Gasteiger charge is -2.18. The molecule has 0 aromatic rings. The summed E-state index contributed by atoms with van der Waals surface area (Å²) in [5.41, 5.74) is 0. The number of esters is 3. The van der Waals surface area contributed by atoms with E-state index in [4.69, 9.17) is 14.2 Å². The Hall–Kier alpha value is -2.11. The van der Waals surface area contributed by atoms with E-state index in [2.05, 4.69) is 45.1 Å². The van der Waals surface area contributed by atoms with E-state index < -0.39 is 6.10 Å². The molecule has 6 nitrogen and oxygen atoms in total. The molecule has 1 atom stereocenters. The quantitative estimate of drug-likeness (QED) is 0.0261. The first-order valence-electron chi connectivity index (χ1n) is 33.8. The minimum Gasteiger partial charge on any atom is -0.462 e. The van der Waals surface area contributed by atoms with Gasteiger partial charge in [0, 0.05) is 19.3 Å². The molecule has 0 heterocycles. The van der Waals surface area contributed by atoms with Crippen molar-refractivity contribution in [1.82, 2.24) is 0 Å². The van der Waals surface area contributed by atoms with Crippen molar-refractivity contribution in [3.8, 4) is 0 Å². The number of ether oxygens (including phenoxy) is 3. The summed E-state index contributed by atoms with van der Waals surface area (Å²) in [5, 5.41) is 0. The standard InChI is InChI=1S/C69H130O6/c1-4-7-10-13-16-19-22-24-26-27-28-29-30-31-32-33-34-35-36-37-38-39-40-41-42-43-44-46-47-50-53-56-59-62-68(71)74-65-66(64-73-67(70)61-58-55-52-49-21-18-15-12-9-6-3)75-69(72)63-60-57-54-51-48-45-25-23-20-17-14-11-8-5-2/h22,24,27-28,66H,4-21,23,25-26,29-65H2,1-3H3/b24-22-,28-27-. The van der Waals surface area contributed by atoms with E-state index in [9.17, 15) is 14.4 Å². The number of unbranched alkanes of at least 4 members (excludes halogenated alkanes) is 48. The Bertz CT molecular complexity index is 1210. The molecule has 0 aliphatic rings. The van der Waals surface area contributed by atoms with Gasteiger partial charge in [-0.15, -0.1) is 0 Å². The Balaban J connectivity index is 4.00. The summed E-state index contributed by atoms with van der Waals surface area (Å²) in [6.07, 6.45) is 77.9. The highest BCUT2D eigenvalue weighted by atomic mass is 16.6. The molecule has 0 saturated carbocycles. The predicted molar refractivity (Wildman–Crippen MR) is 326 cm³/mol. The average molecular weight is 1060 g/mol. The Kier molecular flexibility index (Phi) is 62.6. The van der Waals surface area contributed by atoms with Gasteiger partial charge in [0.15, 0.2) is 6.10 Å². The third-order valence-corrected chi connectivity index (χ3v) is 15.5. The molecule has 6 heteroatoms. The van der Waals surface area contributed by atoms with E-state index >= 15 is 0 Å². The summed E-state index contributed by atoms with van der Waals surface area (Å²) in [4.78, 5) is 38.2. The van der Waals surface area contributed by atoms with Crippen molar-refractivity contribution in [2.24, 2.45) is 0 Å². The van der Waals surface area contributed by atoms with E-state index in [0.717, 1.165) is 64.2 Å². The second-order valence-electron chi connectivity index (χ2n) is 23.1. The maximum atomic E-state index is 12.9. The second-order valence-corrected chi connectivity index (χ2v) is 23.1. The van der Waals surface area contributed by atoms with E-state index in [1.807, 2.05) is 0 Å². The summed E-state index contributed by atoms with van der Waals surface area (Å²) < 4.78 is 16.9. The third-order valence-electron chi connectivity index (χ3n) is 15.5. The first kappa shape index (κ1) is 72.9. The largest absolute Gasteiger partial charge is 0.462 e. The van der Waals surface area contributed by atoms with Gasteiger partial charge in [0.1, 0.15) is 13.2 Å². The fourth-order valence-electron chi connectivity index (χ4n) is 10.4. The summed E-state index contributed by atoms with van der Waals surface area (Å²) in [5.74, 6) is -0.837. The van der Waals surface area contributed by atoms with E-state index in [-0.39, 0.29) is 31.1 Å². The van der Waals surface area contributed by atoms with Gasteiger partial charge in [-0.3, -0.25) is 14.4 Å². The lowest BCUT2D eigenvalue weighted by molar-refractivity contribution is -0.167. The first-order chi connectivity index (χ1) is 37.0. The Morgan fingerprint density at radius 1 is 0.267 bits per heavy atom. The predicted octanol–water partition coefficient (Wildman–Crippen LogP) is 23.0. The van der Waals surface area contributed by atoms with Crippen LogP contribution in [0.25, 0.3) is 0 Å². The van der Waals surface area contributed by atoms with Crippen LogP contribution in [0.15, 0.2) is 24.3 Å². The fourth-order valence-corrected chi connectivity index (χ4v) is 10.4. The molecule has 0 aliphatic heterocycles. The van der Waals surface area contributed by atoms with E-state index in [0.29, 0.717) is 19.3 Å². The number of rotatable bonds is 63. The summed E-state index contributed by atoms with van der Waals surface area (Å²) in [6, 6.07) is 0. The SMILES string of the molecule is CCCCCCC/C=C\C/C=C\CCCCCCCCCCCCCCCCCCCCCCCC(=O)OCC(COC(=O)CCCCCCCCCCCC)OC(=O)CCCCCCCCCCCCCCCC. The Labute approximate surface area is 468 Å². The molecule has 1 unspecified atom stereocenters. The molecule has 0 spiro atoms. The van der Waals surface area contributed by atoms with E-state index in [1.165, 1.54) is 276 Å². The molecule has 0 fully saturated rings. The highest BCUT2D eigenvalue weighted by molar-refractivity contribution is 5.71. The monoisotopic (exact) mass is 1050 g/mol. The van der Waals surface area contributed by atoms with Gasteiger partial charge >= 0.3 is 17.9 Å². The molecule has 0 saturated heterocycles. The molecule has 442 valence electrons. The molecule has 0 aromatic heterocycles. The van der Waals surface area contributed by atoms with Crippen LogP contribution in [-0.2, 0) is 28.6 Å². The van der Waals surface area contributed by atoms with E-state index in [1.54, 1.807) is 0 Å². The smallest absolute Gasteiger partial charge is 0.306 e. The van der Waals surface area contributed by atoms with Gasteiger partial charge in [0.2, 0.25) is 0 Å². The Morgan fingerprint density at radius 2 is 0.480 bits per heavy atom. The number of hydrogen-bond donors (Lipinski definition) is 0. The van der Waals surface area contributed by atoms with Crippen molar-refractivity contribution in [2.45, 2.75) is 386 Å². The Morgan fingerprint density at radius 3 is 0.733 bits per heavy atom. The number of carbonyl (C=O) groups is 3. The molecule has 0 rings (SSSR count). The van der Waals surface area contributed by atoms with Crippen molar-refractivity contribution in [3.63, 3.8) is 0 Å². The number of hydrogen-bond acceptors (Lipinski definition) is 6. The summed E-state index contributed by atoms with van der Waals surface area (Å²) in [7, 11) is 0. The summed E-state index contributed by atoms with van der Waals surface area (Å²) >= 11 is 0. The molecular formula is C69H130O6. The molecule has 0 aromatic carbocycles. The van der Waals surface area contributed by atoms with Gasteiger partial charge in [-0.2, -0.15) is 0 Å². The minimum absolute atomic E-state index is 0.0634. The van der Waals surface area contributed by atoms with Crippen molar-refractivity contribution in [1.29, 1.82) is 0 Å². The maximum absolute atomic E-state index is 12.9. The van der Waals surface area contributed by atoms with Crippen LogP contribution in [0.3, 0.4) is 0 Å². The van der Waals surface area contributed by atoms with Crippen LogP contribution in [0.1, 0.15) is 380 Å². The molecule has 0 amide bonds.